The molecular weight excluding hydrogens is 100 g/mol. The van der Waals surface area contributed by atoms with Crippen molar-refractivity contribution in [3.05, 3.63) is 0 Å². The van der Waals surface area contributed by atoms with E-state index in [9.17, 15) is 0 Å². The second-order valence-corrected chi connectivity index (χ2v) is 3.34. The van der Waals surface area contributed by atoms with Crippen molar-refractivity contribution < 1.29 is 0 Å². The van der Waals surface area contributed by atoms with Gasteiger partial charge in [-0.15, -0.1) is 0 Å². The van der Waals surface area contributed by atoms with Gasteiger partial charge in [-0.2, -0.15) is 0 Å². The fourth-order valence-corrected chi connectivity index (χ4v) is 1.95. The summed E-state index contributed by atoms with van der Waals surface area (Å²) in [5.41, 5.74) is 6.13. The number of hydrogen-bond donors (Lipinski definition) is 1. The van der Waals surface area contributed by atoms with Gasteiger partial charge in [-0.1, -0.05) is 0 Å². The first kappa shape index (κ1) is 4.77. The van der Waals surface area contributed by atoms with E-state index >= 15 is 0 Å². The Morgan fingerprint density at radius 1 is 1.62 bits per heavy atom. The van der Waals surface area contributed by atoms with E-state index in [4.69, 9.17) is 5.73 Å². The molecule has 0 radical (unpaired) electrons. The molecule has 0 spiro atoms. The molecule has 2 nitrogen and oxygen atoms in total. The van der Waals surface area contributed by atoms with Crippen LogP contribution in [0.2, 0.25) is 0 Å². The van der Waals surface area contributed by atoms with E-state index in [-0.39, 0.29) is 5.54 Å². The molecule has 2 aliphatic heterocycles. The van der Waals surface area contributed by atoms with E-state index in [0.29, 0.717) is 0 Å². The van der Waals surface area contributed by atoms with Crippen molar-refractivity contribution in [1.29, 1.82) is 0 Å². The largest absolute Gasteiger partial charge is 0.324 e. The molecule has 0 aromatic rings. The van der Waals surface area contributed by atoms with Gasteiger partial charge in [-0.25, -0.2) is 0 Å². The van der Waals surface area contributed by atoms with Gasteiger partial charge in [0.2, 0.25) is 0 Å². The van der Waals surface area contributed by atoms with E-state index in [1.54, 1.807) is 0 Å². The fourth-order valence-electron chi connectivity index (χ4n) is 1.95. The highest BCUT2D eigenvalue weighted by atomic mass is 15.2. The molecule has 0 atom stereocenters. The number of likely N-dealkylation sites (N-methyl/N-ethyl adjacent to an activating group) is 1. The van der Waals surface area contributed by atoms with Crippen LogP contribution in [-0.2, 0) is 0 Å². The van der Waals surface area contributed by atoms with Gasteiger partial charge in [0.05, 0.1) is 0 Å². The van der Waals surface area contributed by atoms with E-state index in [1.807, 2.05) is 0 Å². The lowest BCUT2D eigenvalue weighted by molar-refractivity contribution is 0.260. The SMILES string of the molecule is CN1CC2(N)CC1C2. The number of hydrogen-bond acceptors (Lipinski definition) is 2. The summed E-state index contributed by atoms with van der Waals surface area (Å²) in [6.45, 7) is 1.12. The highest BCUT2D eigenvalue weighted by molar-refractivity contribution is 5.11. The average molecular weight is 112 g/mol. The predicted molar refractivity (Wildman–Crippen MR) is 32.6 cm³/mol. The summed E-state index contributed by atoms with van der Waals surface area (Å²) in [5.74, 6) is 0. The lowest BCUT2D eigenvalue weighted by atomic mass is 9.79. The van der Waals surface area contributed by atoms with E-state index in [1.165, 1.54) is 12.8 Å². The number of nitrogens with two attached hydrogens (primary N) is 1. The number of fused-ring (bicyclic) bond motifs is 1. The lowest BCUT2D eigenvalue weighted by Gasteiger charge is -2.32. The van der Waals surface area contributed by atoms with Crippen molar-refractivity contribution in [3.63, 3.8) is 0 Å². The Morgan fingerprint density at radius 2 is 2.25 bits per heavy atom. The molecule has 2 heteroatoms. The first-order valence-corrected chi connectivity index (χ1v) is 3.19. The lowest BCUT2D eigenvalue weighted by Crippen LogP contribution is -2.48. The van der Waals surface area contributed by atoms with Crippen LogP contribution in [0.25, 0.3) is 0 Å². The molecule has 0 amide bonds. The molecule has 2 N–H and O–H groups in total. The van der Waals surface area contributed by atoms with E-state index in [2.05, 4.69) is 11.9 Å². The van der Waals surface area contributed by atoms with Crippen LogP contribution < -0.4 is 5.73 Å². The second kappa shape index (κ2) is 1.09. The molecule has 0 aromatic heterocycles. The van der Waals surface area contributed by atoms with Crippen molar-refractivity contribution in [2.75, 3.05) is 13.6 Å². The monoisotopic (exact) mass is 112 g/mol. The van der Waals surface area contributed by atoms with Crippen LogP contribution in [0.1, 0.15) is 12.8 Å². The summed E-state index contributed by atoms with van der Waals surface area (Å²) >= 11 is 0. The quantitative estimate of drug-likeness (QED) is 0.470. The van der Waals surface area contributed by atoms with Crippen molar-refractivity contribution >= 4 is 0 Å². The van der Waals surface area contributed by atoms with Crippen LogP contribution in [0.5, 0.6) is 0 Å². The second-order valence-electron chi connectivity index (χ2n) is 3.34. The van der Waals surface area contributed by atoms with Gasteiger partial charge in [-0.05, 0) is 19.9 Å². The minimum Gasteiger partial charge on any atom is -0.324 e. The third kappa shape index (κ3) is 0.400. The zero-order chi connectivity index (χ0) is 5.78. The maximum Gasteiger partial charge on any atom is 0.0313 e. The molecular formula is C6H12N2. The summed E-state index contributed by atoms with van der Waals surface area (Å²) in [4.78, 5) is 2.36. The standard InChI is InChI=1S/C6H12N2/c1-8-4-6(7)2-5(8)3-6/h5H,2-4,7H2,1H3. The summed E-state index contributed by atoms with van der Waals surface area (Å²) in [6, 6.07) is 0.833. The first-order chi connectivity index (χ1) is 3.70. The zero-order valence-electron chi connectivity index (χ0n) is 5.22. The Kier molecular flexibility index (Phi) is 0.649. The van der Waals surface area contributed by atoms with Gasteiger partial charge in [0, 0.05) is 18.1 Å². The molecule has 0 aromatic carbocycles. The van der Waals surface area contributed by atoms with Gasteiger partial charge in [0.15, 0.2) is 0 Å². The Hall–Kier alpha value is -0.0800. The Morgan fingerprint density at radius 3 is 2.38 bits per heavy atom. The summed E-state index contributed by atoms with van der Waals surface area (Å²) in [5, 5.41) is 0. The van der Waals surface area contributed by atoms with E-state index < -0.39 is 0 Å². The maximum atomic E-state index is 5.89. The third-order valence-electron chi connectivity index (χ3n) is 2.47. The molecule has 0 unspecified atom stereocenters. The number of rotatable bonds is 0. The van der Waals surface area contributed by atoms with Crippen LogP contribution in [0.3, 0.4) is 0 Å². The molecule has 3 rings (SSSR count). The molecule has 2 bridgehead atoms. The van der Waals surface area contributed by atoms with Gasteiger partial charge in [0.1, 0.15) is 0 Å². The van der Waals surface area contributed by atoms with Gasteiger partial charge < -0.3 is 10.6 Å². The van der Waals surface area contributed by atoms with Crippen LogP contribution in [0.4, 0.5) is 0 Å². The van der Waals surface area contributed by atoms with Crippen molar-refractivity contribution in [1.82, 2.24) is 4.90 Å². The fraction of sp³-hybridized carbons (Fsp3) is 1.00. The molecule has 3 aliphatic rings. The Bertz CT molecular complexity index is 116. The summed E-state index contributed by atoms with van der Waals surface area (Å²) in [7, 11) is 2.16. The maximum absolute atomic E-state index is 5.89. The van der Waals surface area contributed by atoms with Gasteiger partial charge >= 0.3 is 0 Å². The minimum atomic E-state index is 0.236. The van der Waals surface area contributed by atoms with Gasteiger partial charge in [0.25, 0.3) is 0 Å². The van der Waals surface area contributed by atoms with Crippen molar-refractivity contribution in [2.45, 2.75) is 24.4 Å². The van der Waals surface area contributed by atoms with Crippen LogP contribution in [0.15, 0.2) is 0 Å². The topological polar surface area (TPSA) is 29.3 Å². The molecule has 2 saturated heterocycles. The smallest absolute Gasteiger partial charge is 0.0313 e. The highest BCUT2D eigenvalue weighted by Crippen LogP contribution is 2.41. The number of nitrogens with zero attached hydrogens (tertiary/aromatic N) is 1. The Labute approximate surface area is 49.7 Å². The van der Waals surface area contributed by atoms with Crippen molar-refractivity contribution in [2.24, 2.45) is 5.73 Å². The summed E-state index contributed by atoms with van der Waals surface area (Å²) < 4.78 is 0. The molecule has 1 aliphatic carbocycles. The Balaban J connectivity index is 2.17. The highest BCUT2D eigenvalue weighted by Gasteiger charge is 2.50. The van der Waals surface area contributed by atoms with E-state index in [0.717, 1.165) is 12.6 Å². The summed E-state index contributed by atoms with van der Waals surface area (Å²) in [6.07, 6.45) is 2.48. The molecule has 1 saturated carbocycles. The molecule has 3 fully saturated rings. The molecule has 8 heavy (non-hydrogen) atoms. The van der Waals surface area contributed by atoms with Crippen molar-refractivity contribution in [3.8, 4) is 0 Å². The minimum absolute atomic E-state index is 0.236. The normalized spacial score (nSPS) is 54.0. The van der Waals surface area contributed by atoms with Crippen LogP contribution in [0, 0.1) is 0 Å². The predicted octanol–water partition coefficient (Wildman–Crippen LogP) is -0.208. The average Bonchev–Trinajstić information content (AvgIpc) is 1.88. The third-order valence-corrected chi connectivity index (χ3v) is 2.47. The van der Waals surface area contributed by atoms with Crippen LogP contribution >= 0.6 is 0 Å². The molecule has 2 heterocycles. The first-order valence-electron chi connectivity index (χ1n) is 3.19. The zero-order valence-corrected chi connectivity index (χ0v) is 5.22. The molecule has 46 valence electrons. The van der Waals surface area contributed by atoms with Gasteiger partial charge in [-0.3, -0.25) is 0 Å². The van der Waals surface area contributed by atoms with Crippen LogP contribution in [-0.4, -0.2) is 30.1 Å².